The van der Waals surface area contributed by atoms with Crippen molar-refractivity contribution in [3.05, 3.63) is 66.5 Å². The predicted octanol–water partition coefficient (Wildman–Crippen LogP) is 0.934. The van der Waals surface area contributed by atoms with Gasteiger partial charge in [0.1, 0.15) is 0 Å². The van der Waals surface area contributed by atoms with Crippen LogP contribution in [-0.4, -0.2) is 33.7 Å². The number of pyridine rings is 1. The summed E-state index contributed by atoms with van der Waals surface area (Å²) < 4.78 is 0. The van der Waals surface area contributed by atoms with Crippen LogP contribution in [0.15, 0.2) is 60.9 Å². The minimum Gasteiger partial charge on any atom is -0.473 e. The Morgan fingerprint density at radius 2 is 1.68 bits per heavy atom. The number of aromatic nitrogens is 1. The minimum absolute atomic E-state index is 0.0803. The van der Waals surface area contributed by atoms with E-state index in [0.717, 1.165) is 0 Å². The number of aliphatic hydroxyl groups excluding tert-OH is 1. The molecule has 0 saturated carbocycles. The van der Waals surface area contributed by atoms with Crippen molar-refractivity contribution < 1.29 is 24.6 Å². The Morgan fingerprint density at radius 3 is 2.14 bits per heavy atom. The second-order valence-corrected chi connectivity index (χ2v) is 3.99. The van der Waals surface area contributed by atoms with Crippen LogP contribution in [0.3, 0.4) is 0 Å². The number of carbonyl (C=O) groups excluding carboxylic acids is 1. The fourth-order valence-corrected chi connectivity index (χ4v) is 1.34. The molecule has 116 valence electrons. The van der Waals surface area contributed by atoms with Gasteiger partial charge in [0.25, 0.3) is 0 Å². The normalized spacial score (nSPS) is 10.8. The van der Waals surface area contributed by atoms with E-state index < -0.39 is 18.0 Å². The molecule has 0 fully saturated rings. The van der Waals surface area contributed by atoms with Gasteiger partial charge in [-0.3, -0.25) is 4.98 Å². The first kappa shape index (κ1) is 17.3. The van der Waals surface area contributed by atoms with Crippen molar-refractivity contribution in [1.29, 1.82) is 0 Å². The molecule has 7 heteroatoms. The molecule has 2 aromatic rings. The molecule has 7 nitrogen and oxygen atoms in total. The highest BCUT2D eigenvalue weighted by atomic mass is 16.7. The fraction of sp³-hybridized carbons (Fsp3) is 0.133. The van der Waals surface area contributed by atoms with Gasteiger partial charge in [-0.2, -0.15) is 0 Å². The molecule has 1 heterocycles. The van der Waals surface area contributed by atoms with E-state index in [0.29, 0.717) is 5.56 Å². The standard InChI is InChI=1S/C10H11NO5.C5H5N/c12-8(7-4-2-1-3-5-7)6-11-16-10(15)9(13)14;1-2-4-6-5-3-1/h1-5,8,11-12H,6H2,(H,13,14);1-5H. The lowest BCUT2D eigenvalue weighted by Crippen LogP contribution is -2.29. The fourth-order valence-electron chi connectivity index (χ4n) is 1.34. The first-order chi connectivity index (χ1) is 10.6. The quantitative estimate of drug-likeness (QED) is 0.569. The number of hydroxylamine groups is 1. The van der Waals surface area contributed by atoms with E-state index in [9.17, 15) is 14.7 Å². The van der Waals surface area contributed by atoms with Gasteiger partial charge >= 0.3 is 11.9 Å². The Bertz CT molecular complexity index is 536. The maximum atomic E-state index is 10.5. The van der Waals surface area contributed by atoms with Gasteiger partial charge in [-0.25, -0.2) is 9.59 Å². The molecule has 1 aromatic carbocycles. The topological polar surface area (TPSA) is 109 Å². The average molecular weight is 304 g/mol. The van der Waals surface area contributed by atoms with Crippen molar-refractivity contribution in [2.75, 3.05) is 6.54 Å². The zero-order valence-corrected chi connectivity index (χ0v) is 11.6. The van der Waals surface area contributed by atoms with Crippen molar-refractivity contribution in [1.82, 2.24) is 10.5 Å². The number of aliphatic hydroxyl groups is 1. The van der Waals surface area contributed by atoms with Gasteiger partial charge in [0.2, 0.25) is 0 Å². The number of benzene rings is 1. The van der Waals surface area contributed by atoms with Gasteiger partial charge in [-0.15, -0.1) is 5.48 Å². The summed E-state index contributed by atoms with van der Waals surface area (Å²) in [5.74, 6) is -3.11. The van der Waals surface area contributed by atoms with E-state index in [1.54, 1.807) is 42.7 Å². The second kappa shape index (κ2) is 10.0. The second-order valence-electron chi connectivity index (χ2n) is 3.99. The first-order valence-electron chi connectivity index (χ1n) is 6.36. The molecule has 22 heavy (non-hydrogen) atoms. The number of carbonyl (C=O) groups is 2. The summed E-state index contributed by atoms with van der Waals surface area (Å²) in [7, 11) is 0. The predicted molar refractivity (Wildman–Crippen MR) is 77.4 cm³/mol. The molecular formula is C15H16N2O5. The lowest BCUT2D eigenvalue weighted by molar-refractivity contribution is -0.169. The van der Waals surface area contributed by atoms with Crippen molar-refractivity contribution in [2.24, 2.45) is 0 Å². The van der Waals surface area contributed by atoms with E-state index in [-0.39, 0.29) is 6.54 Å². The average Bonchev–Trinajstić information content (AvgIpc) is 2.57. The number of hydrogen-bond donors (Lipinski definition) is 3. The molecule has 0 aliphatic carbocycles. The Kier molecular flexibility index (Phi) is 7.88. The van der Waals surface area contributed by atoms with Gasteiger partial charge in [0, 0.05) is 12.4 Å². The molecule has 0 bridgehead atoms. The molecule has 1 aromatic heterocycles. The molecule has 1 unspecified atom stereocenters. The van der Waals surface area contributed by atoms with Crippen LogP contribution in [0.5, 0.6) is 0 Å². The van der Waals surface area contributed by atoms with Crippen LogP contribution >= 0.6 is 0 Å². The summed E-state index contributed by atoms with van der Waals surface area (Å²) in [5, 5.41) is 17.8. The Hall–Kier alpha value is -2.77. The largest absolute Gasteiger partial charge is 0.473 e. The highest BCUT2D eigenvalue weighted by Crippen LogP contribution is 2.10. The SMILES string of the molecule is O=C(O)C(=O)ONCC(O)c1ccccc1.c1ccncc1. The van der Waals surface area contributed by atoms with E-state index in [1.165, 1.54) is 0 Å². The Balaban J connectivity index is 0.000000335. The molecule has 0 amide bonds. The molecule has 0 aliphatic heterocycles. The first-order valence-corrected chi connectivity index (χ1v) is 6.36. The molecule has 0 spiro atoms. The number of carboxylic acids is 1. The van der Waals surface area contributed by atoms with Gasteiger partial charge in [-0.1, -0.05) is 36.4 Å². The third-order valence-electron chi connectivity index (χ3n) is 2.37. The van der Waals surface area contributed by atoms with Crippen molar-refractivity contribution in [3.8, 4) is 0 Å². The summed E-state index contributed by atoms with van der Waals surface area (Å²) in [5.41, 5.74) is 2.72. The molecule has 0 saturated heterocycles. The summed E-state index contributed by atoms with van der Waals surface area (Å²) in [4.78, 5) is 28.5. The lowest BCUT2D eigenvalue weighted by Gasteiger charge is -2.10. The highest BCUT2D eigenvalue weighted by molar-refractivity contribution is 6.28. The van der Waals surface area contributed by atoms with Crippen LogP contribution in [0.1, 0.15) is 11.7 Å². The van der Waals surface area contributed by atoms with Gasteiger partial charge in [0.15, 0.2) is 0 Å². The number of nitrogens with one attached hydrogen (secondary N) is 1. The van der Waals surface area contributed by atoms with E-state index in [4.69, 9.17) is 5.11 Å². The van der Waals surface area contributed by atoms with Gasteiger partial charge in [0.05, 0.1) is 12.6 Å². The number of carboxylic acid groups (broad SMARTS) is 1. The van der Waals surface area contributed by atoms with Crippen LogP contribution in [-0.2, 0) is 14.4 Å². The Morgan fingerprint density at radius 1 is 1.09 bits per heavy atom. The number of nitrogens with zero attached hydrogens (tertiary/aromatic N) is 1. The maximum absolute atomic E-state index is 10.5. The van der Waals surface area contributed by atoms with Crippen LogP contribution < -0.4 is 5.48 Å². The molecule has 0 radical (unpaired) electrons. The van der Waals surface area contributed by atoms with E-state index >= 15 is 0 Å². The number of rotatable bonds is 4. The smallest absolute Gasteiger partial charge is 0.435 e. The van der Waals surface area contributed by atoms with Gasteiger partial charge in [-0.05, 0) is 17.7 Å². The van der Waals surface area contributed by atoms with Crippen molar-refractivity contribution >= 4 is 11.9 Å². The van der Waals surface area contributed by atoms with Crippen LogP contribution in [0.2, 0.25) is 0 Å². The van der Waals surface area contributed by atoms with E-state index in [1.807, 2.05) is 18.2 Å². The zero-order valence-electron chi connectivity index (χ0n) is 11.6. The zero-order chi connectivity index (χ0) is 16.2. The van der Waals surface area contributed by atoms with Gasteiger partial charge < -0.3 is 15.1 Å². The van der Waals surface area contributed by atoms with Crippen LogP contribution in [0.4, 0.5) is 0 Å². The minimum atomic E-state index is -1.69. The highest BCUT2D eigenvalue weighted by Gasteiger charge is 2.14. The van der Waals surface area contributed by atoms with Crippen molar-refractivity contribution in [3.63, 3.8) is 0 Å². The third-order valence-corrected chi connectivity index (χ3v) is 2.37. The van der Waals surface area contributed by atoms with E-state index in [2.05, 4.69) is 15.3 Å². The summed E-state index contributed by atoms with van der Waals surface area (Å²) in [6.45, 7) is -0.0803. The van der Waals surface area contributed by atoms with Crippen LogP contribution in [0, 0.1) is 0 Å². The molecule has 2 rings (SSSR count). The summed E-state index contributed by atoms with van der Waals surface area (Å²) in [6.07, 6.45) is 2.63. The lowest BCUT2D eigenvalue weighted by atomic mass is 10.1. The van der Waals surface area contributed by atoms with Crippen molar-refractivity contribution in [2.45, 2.75) is 6.10 Å². The summed E-state index contributed by atoms with van der Waals surface area (Å²) >= 11 is 0. The molecule has 0 aliphatic rings. The molecular weight excluding hydrogens is 288 g/mol. The molecule has 1 atom stereocenters. The summed E-state index contributed by atoms with van der Waals surface area (Å²) in [6, 6.07) is 14.4. The number of hydrogen-bond acceptors (Lipinski definition) is 6. The molecule has 3 N–H and O–H groups in total. The number of aliphatic carboxylic acids is 1. The maximum Gasteiger partial charge on any atom is 0.435 e. The van der Waals surface area contributed by atoms with Crippen LogP contribution in [0.25, 0.3) is 0 Å². The Labute approximate surface area is 127 Å². The third kappa shape index (κ3) is 7.13. The monoisotopic (exact) mass is 304 g/mol.